The van der Waals surface area contributed by atoms with Crippen LogP contribution in [-0.2, 0) is 16.3 Å². The number of halogens is 1. The highest BCUT2D eigenvalue weighted by atomic mass is 35.5. The highest BCUT2D eigenvalue weighted by Crippen LogP contribution is 2.37. The predicted octanol–water partition coefficient (Wildman–Crippen LogP) is 2.12. The van der Waals surface area contributed by atoms with E-state index in [4.69, 9.17) is 11.6 Å². The molecule has 0 amide bonds. The minimum absolute atomic E-state index is 0.121. The minimum atomic E-state index is -3.23. The standard InChI is InChI=1S/C12H15ClO3S/c1-2-5-17(15,16)11-7-8-6-9(13)3-4-10(8)12(11)14/h3-4,6,11-12,14H,2,5,7H2,1H3. The maximum atomic E-state index is 12.0. The van der Waals surface area contributed by atoms with E-state index in [2.05, 4.69) is 0 Å². The number of hydrogen-bond acceptors (Lipinski definition) is 3. The van der Waals surface area contributed by atoms with Gasteiger partial charge in [0.05, 0.1) is 17.1 Å². The monoisotopic (exact) mass is 274 g/mol. The van der Waals surface area contributed by atoms with Crippen molar-refractivity contribution in [2.45, 2.75) is 31.1 Å². The summed E-state index contributed by atoms with van der Waals surface area (Å²) < 4.78 is 24.0. The lowest BCUT2D eigenvalue weighted by Crippen LogP contribution is -2.27. The number of benzene rings is 1. The van der Waals surface area contributed by atoms with E-state index in [1.54, 1.807) is 18.2 Å². The second-order valence-corrected chi connectivity index (χ2v) is 7.17. The van der Waals surface area contributed by atoms with Crippen LogP contribution in [0.4, 0.5) is 0 Å². The fourth-order valence-corrected chi connectivity index (χ4v) is 4.37. The first-order valence-electron chi connectivity index (χ1n) is 5.63. The molecule has 0 saturated heterocycles. The lowest BCUT2D eigenvalue weighted by Gasteiger charge is -2.15. The van der Waals surface area contributed by atoms with Gasteiger partial charge in [-0.3, -0.25) is 0 Å². The van der Waals surface area contributed by atoms with E-state index >= 15 is 0 Å². The number of sulfone groups is 1. The van der Waals surface area contributed by atoms with E-state index in [1.807, 2.05) is 6.92 Å². The highest BCUT2D eigenvalue weighted by Gasteiger charge is 2.39. The number of aliphatic hydroxyl groups excluding tert-OH is 1. The smallest absolute Gasteiger partial charge is 0.156 e. The third-order valence-electron chi connectivity index (χ3n) is 3.15. The molecule has 1 aliphatic carbocycles. The molecule has 1 aromatic carbocycles. The molecule has 0 aromatic heterocycles. The normalized spacial score (nSPS) is 23.7. The molecular weight excluding hydrogens is 260 g/mol. The summed E-state index contributed by atoms with van der Waals surface area (Å²) in [6, 6.07) is 5.13. The number of rotatable bonds is 3. The quantitative estimate of drug-likeness (QED) is 0.919. The van der Waals surface area contributed by atoms with Gasteiger partial charge in [-0.05, 0) is 36.1 Å². The predicted molar refractivity (Wildman–Crippen MR) is 68.0 cm³/mol. The molecule has 0 radical (unpaired) electrons. The van der Waals surface area contributed by atoms with Crippen LogP contribution < -0.4 is 0 Å². The molecule has 94 valence electrons. The zero-order valence-corrected chi connectivity index (χ0v) is 11.1. The second kappa shape index (κ2) is 4.59. The number of hydrogen-bond donors (Lipinski definition) is 1. The SMILES string of the molecule is CCCS(=O)(=O)C1Cc2cc(Cl)ccc2C1O. The molecule has 17 heavy (non-hydrogen) atoms. The number of aliphatic hydroxyl groups is 1. The molecule has 1 aromatic rings. The summed E-state index contributed by atoms with van der Waals surface area (Å²) >= 11 is 5.86. The fraction of sp³-hybridized carbons (Fsp3) is 0.500. The molecule has 2 unspecified atom stereocenters. The first-order valence-corrected chi connectivity index (χ1v) is 7.73. The van der Waals surface area contributed by atoms with Crippen LogP contribution in [-0.4, -0.2) is 24.5 Å². The van der Waals surface area contributed by atoms with Crippen molar-refractivity contribution in [3.05, 3.63) is 34.3 Å². The van der Waals surface area contributed by atoms with Crippen molar-refractivity contribution >= 4 is 21.4 Å². The maximum absolute atomic E-state index is 12.0. The lowest BCUT2D eigenvalue weighted by atomic mass is 10.1. The van der Waals surface area contributed by atoms with E-state index in [9.17, 15) is 13.5 Å². The van der Waals surface area contributed by atoms with Crippen molar-refractivity contribution in [1.29, 1.82) is 0 Å². The average Bonchev–Trinajstić information content (AvgIpc) is 2.56. The van der Waals surface area contributed by atoms with Gasteiger partial charge >= 0.3 is 0 Å². The summed E-state index contributed by atoms with van der Waals surface area (Å²) in [7, 11) is -3.23. The van der Waals surface area contributed by atoms with Crippen LogP contribution in [0, 0.1) is 0 Å². The average molecular weight is 275 g/mol. The van der Waals surface area contributed by atoms with Crippen molar-refractivity contribution in [2.24, 2.45) is 0 Å². The van der Waals surface area contributed by atoms with Gasteiger partial charge in [-0.15, -0.1) is 0 Å². The van der Waals surface area contributed by atoms with Crippen LogP contribution in [0.15, 0.2) is 18.2 Å². The van der Waals surface area contributed by atoms with Crippen molar-refractivity contribution < 1.29 is 13.5 Å². The van der Waals surface area contributed by atoms with Crippen molar-refractivity contribution in [3.8, 4) is 0 Å². The Labute approximate surface area is 106 Å². The first-order chi connectivity index (χ1) is 7.95. The summed E-state index contributed by atoms with van der Waals surface area (Å²) in [6.07, 6.45) is 0.0148. The van der Waals surface area contributed by atoms with Crippen LogP contribution in [0.3, 0.4) is 0 Å². The Morgan fingerprint density at radius 2 is 2.18 bits per heavy atom. The maximum Gasteiger partial charge on any atom is 0.156 e. The Kier molecular flexibility index (Phi) is 3.48. The first kappa shape index (κ1) is 12.9. The molecule has 0 saturated carbocycles. The molecule has 0 heterocycles. The molecule has 0 spiro atoms. The summed E-state index contributed by atoms with van der Waals surface area (Å²) in [4.78, 5) is 0. The zero-order chi connectivity index (χ0) is 12.6. The Balaban J connectivity index is 2.34. The number of fused-ring (bicyclic) bond motifs is 1. The van der Waals surface area contributed by atoms with Gasteiger partial charge < -0.3 is 5.11 Å². The van der Waals surface area contributed by atoms with Crippen LogP contribution >= 0.6 is 11.6 Å². The molecule has 1 aliphatic rings. The van der Waals surface area contributed by atoms with Gasteiger partial charge in [0.2, 0.25) is 0 Å². The second-order valence-electron chi connectivity index (χ2n) is 4.40. The van der Waals surface area contributed by atoms with Crippen LogP contribution in [0.5, 0.6) is 0 Å². The van der Waals surface area contributed by atoms with Gasteiger partial charge in [-0.1, -0.05) is 24.6 Å². The molecular formula is C12H15ClO3S. The molecule has 3 nitrogen and oxygen atoms in total. The molecule has 2 rings (SSSR count). The van der Waals surface area contributed by atoms with Gasteiger partial charge in [0, 0.05) is 5.02 Å². The van der Waals surface area contributed by atoms with Crippen LogP contribution in [0.25, 0.3) is 0 Å². The van der Waals surface area contributed by atoms with E-state index in [1.165, 1.54) is 0 Å². The van der Waals surface area contributed by atoms with E-state index in [0.717, 1.165) is 5.56 Å². The Morgan fingerprint density at radius 1 is 1.47 bits per heavy atom. The van der Waals surface area contributed by atoms with Gasteiger partial charge in [-0.25, -0.2) is 8.42 Å². The molecule has 0 bridgehead atoms. The highest BCUT2D eigenvalue weighted by molar-refractivity contribution is 7.92. The third kappa shape index (κ3) is 2.34. The Morgan fingerprint density at radius 3 is 2.82 bits per heavy atom. The fourth-order valence-electron chi connectivity index (χ4n) is 2.33. The van der Waals surface area contributed by atoms with E-state index < -0.39 is 21.2 Å². The van der Waals surface area contributed by atoms with Crippen molar-refractivity contribution in [2.75, 3.05) is 5.75 Å². The zero-order valence-electron chi connectivity index (χ0n) is 9.56. The minimum Gasteiger partial charge on any atom is -0.387 e. The Hall–Kier alpha value is -0.580. The van der Waals surface area contributed by atoms with Gasteiger partial charge in [-0.2, -0.15) is 0 Å². The topological polar surface area (TPSA) is 54.4 Å². The molecule has 2 atom stereocenters. The van der Waals surface area contributed by atoms with Crippen LogP contribution in [0.2, 0.25) is 5.02 Å². The summed E-state index contributed by atoms with van der Waals surface area (Å²) in [5, 5.41) is 9.93. The van der Waals surface area contributed by atoms with Crippen molar-refractivity contribution in [3.63, 3.8) is 0 Å². The lowest BCUT2D eigenvalue weighted by molar-refractivity contribution is 0.182. The van der Waals surface area contributed by atoms with E-state index in [-0.39, 0.29) is 5.75 Å². The van der Waals surface area contributed by atoms with Crippen molar-refractivity contribution in [1.82, 2.24) is 0 Å². The molecule has 0 fully saturated rings. The van der Waals surface area contributed by atoms with Gasteiger partial charge in [0.1, 0.15) is 0 Å². The summed E-state index contributed by atoms with van der Waals surface area (Å²) in [6.45, 7) is 1.82. The largest absolute Gasteiger partial charge is 0.387 e. The Bertz CT molecular complexity index is 525. The summed E-state index contributed by atoms with van der Waals surface area (Å²) in [5.41, 5.74) is 1.54. The summed E-state index contributed by atoms with van der Waals surface area (Å²) in [5.74, 6) is 0.121. The van der Waals surface area contributed by atoms with Crippen LogP contribution in [0.1, 0.15) is 30.6 Å². The third-order valence-corrected chi connectivity index (χ3v) is 5.71. The molecule has 1 N–H and O–H groups in total. The van der Waals surface area contributed by atoms with Gasteiger partial charge in [0.15, 0.2) is 9.84 Å². The van der Waals surface area contributed by atoms with E-state index in [0.29, 0.717) is 23.4 Å². The molecule has 5 heteroatoms. The molecule has 0 aliphatic heterocycles. The van der Waals surface area contributed by atoms with Gasteiger partial charge in [0.25, 0.3) is 0 Å².